The number of nitrogens with two attached hydrogens (primary N) is 1. The number of thioether (sulfide) groups is 1. The highest BCUT2D eigenvalue weighted by molar-refractivity contribution is 7.99. The van der Waals surface area contributed by atoms with Crippen LogP contribution in [0, 0.1) is 6.92 Å². The van der Waals surface area contributed by atoms with Crippen molar-refractivity contribution in [2.45, 2.75) is 42.6 Å². The molecule has 0 bridgehead atoms. The van der Waals surface area contributed by atoms with Gasteiger partial charge in [0.15, 0.2) is 5.16 Å². The van der Waals surface area contributed by atoms with Crippen LogP contribution in [0.5, 0.6) is 0 Å². The monoisotopic (exact) mass is 225 g/mol. The van der Waals surface area contributed by atoms with Crippen LogP contribution in [0.4, 0.5) is 0 Å². The molecule has 0 amide bonds. The van der Waals surface area contributed by atoms with Crippen LogP contribution in [0.2, 0.25) is 0 Å². The van der Waals surface area contributed by atoms with Crippen molar-refractivity contribution >= 4 is 11.8 Å². The summed E-state index contributed by atoms with van der Waals surface area (Å²) in [5, 5.41) is 1.09. The lowest BCUT2D eigenvalue weighted by molar-refractivity contribution is 0.713. The fourth-order valence-corrected chi connectivity index (χ4v) is 3.09. The van der Waals surface area contributed by atoms with Crippen LogP contribution >= 0.6 is 11.8 Å². The van der Waals surface area contributed by atoms with Gasteiger partial charge in [0.1, 0.15) is 0 Å². The van der Waals surface area contributed by atoms with Gasteiger partial charge >= 0.3 is 0 Å². The van der Waals surface area contributed by atoms with Crippen LogP contribution in [0.15, 0.2) is 16.0 Å². The highest BCUT2D eigenvalue weighted by Gasteiger charge is 2.25. The largest absolute Gasteiger partial charge is 0.327 e. The SMILES string of the molecule is Cc1cc(=O)[nH]c(SC2CCCC2N)n1. The molecule has 0 spiro atoms. The van der Waals surface area contributed by atoms with Gasteiger partial charge in [0.05, 0.1) is 0 Å². The maximum atomic E-state index is 11.2. The molecular formula is C10H15N3OS. The van der Waals surface area contributed by atoms with Crippen LogP contribution in [-0.2, 0) is 0 Å². The van der Waals surface area contributed by atoms with Crippen molar-refractivity contribution in [3.8, 4) is 0 Å². The molecule has 0 radical (unpaired) electrons. The lowest BCUT2D eigenvalue weighted by Crippen LogP contribution is -2.26. The summed E-state index contributed by atoms with van der Waals surface area (Å²) >= 11 is 1.60. The van der Waals surface area contributed by atoms with Crippen molar-refractivity contribution < 1.29 is 0 Å². The Hall–Kier alpha value is -0.810. The summed E-state index contributed by atoms with van der Waals surface area (Å²) < 4.78 is 0. The molecule has 15 heavy (non-hydrogen) atoms. The van der Waals surface area contributed by atoms with E-state index in [0.717, 1.165) is 18.5 Å². The number of aromatic amines is 1. The van der Waals surface area contributed by atoms with E-state index in [-0.39, 0.29) is 11.6 Å². The van der Waals surface area contributed by atoms with E-state index in [1.165, 1.54) is 12.5 Å². The molecule has 4 nitrogen and oxygen atoms in total. The minimum atomic E-state index is -0.0865. The van der Waals surface area contributed by atoms with Gasteiger partial charge in [0.25, 0.3) is 5.56 Å². The second-order valence-electron chi connectivity index (χ2n) is 3.94. The Bertz CT molecular complexity index is 404. The molecule has 5 heteroatoms. The normalized spacial score (nSPS) is 25.7. The van der Waals surface area contributed by atoms with Gasteiger partial charge in [0, 0.05) is 23.1 Å². The molecule has 1 aromatic rings. The third-order valence-electron chi connectivity index (χ3n) is 2.61. The molecule has 2 atom stereocenters. The zero-order valence-electron chi connectivity index (χ0n) is 8.69. The number of rotatable bonds is 2. The number of aromatic nitrogens is 2. The number of hydrogen-bond acceptors (Lipinski definition) is 4. The topological polar surface area (TPSA) is 71.8 Å². The van der Waals surface area contributed by atoms with Crippen LogP contribution in [0.1, 0.15) is 25.0 Å². The highest BCUT2D eigenvalue weighted by atomic mass is 32.2. The first-order chi connectivity index (χ1) is 7.15. The number of hydrogen-bond donors (Lipinski definition) is 2. The molecule has 0 saturated heterocycles. The molecule has 1 heterocycles. The van der Waals surface area contributed by atoms with Gasteiger partial charge in [-0.3, -0.25) is 4.79 Å². The van der Waals surface area contributed by atoms with Crippen molar-refractivity contribution in [1.29, 1.82) is 0 Å². The molecule has 1 aromatic heterocycles. The molecule has 1 saturated carbocycles. The van der Waals surface area contributed by atoms with Crippen molar-refractivity contribution in [3.05, 3.63) is 22.1 Å². The average Bonchev–Trinajstić information content (AvgIpc) is 2.50. The van der Waals surface area contributed by atoms with E-state index < -0.39 is 0 Å². The van der Waals surface area contributed by atoms with Gasteiger partial charge in [-0.05, 0) is 19.8 Å². The van der Waals surface area contributed by atoms with Gasteiger partial charge in [-0.15, -0.1) is 0 Å². The van der Waals surface area contributed by atoms with E-state index in [1.807, 2.05) is 6.92 Å². The van der Waals surface area contributed by atoms with Gasteiger partial charge in [-0.1, -0.05) is 18.2 Å². The standard InChI is InChI=1S/C10H15N3OS/c1-6-5-9(14)13-10(12-6)15-8-4-2-3-7(8)11/h5,7-8H,2-4,11H2,1H3,(H,12,13,14). The van der Waals surface area contributed by atoms with Crippen LogP contribution < -0.4 is 11.3 Å². The van der Waals surface area contributed by atoms with Crippen LogP contribution in [0.25, 0.3) is 0 Å². The molecule has 1 aliphatic carbocycles. The van der Waals surface area contributed by atoms with E-state index in [4.69, 9.17) is 5.73 Å². The third kappa shape index (κ3) is 2.60. The molecule has 2 unspecified atom stereocenters. The number of H-pyrrole nitrogens is 1. The van der Waals surface area contributed by atoms with Gasteiger partial charge in [-0.2, -0.15) is 0 Å². The molecule has 0 aromatic carbocycles. The Morgan fingerprint density at radius 3 is 3.00 bits per heavy atom. The quantitative estimate of drug-likeness (QED) is 0.738. The molecule has 3 N–H and O–H groups in total. The summed E-state index contributed by atoms with van der Waals surface area (Å²) in [7, 11) is 0. The van der Waals surface area contributed by atoms with Crippen LogP contribution in [-0.4, -0.2) is 21.3 Å². The van der Waals surface area contributed by atoms with E-state index in [9.17, 15) is 4.79 Å². The minimum Gasteiger partial charge on any atom is -0.327 e. The molecule has 2 rings (SSSR count). The number of nitrogens with one attached hydrogen (secondary N) is 1. The third-order valence-corrected chi connectivity index (χ3v) is 3.92. The fourth-order valence-electron chi connectivity index (χ4n) is 1.85. The lowest BCUT2D eigenvalue weighted by Gasteiger charge is -2.13. The first kappa shape index (κ1) is 10.7. The second-order valence-corrected chi connectivity index (χ2v) is 5.17. The van der Waals surface area contributed by atoms with Crippen molar-refractivity contribution in [3.63, 3.8) is 0 Å². The van der Waals surface area contributed by atoms with Crippen molar-refractivity contribution in [2.24, 2.45) is 5.73 Å². The summed E-state index contributed by atoms with van der Waals surface area (Å²) in [6, 6.07) is 1.74. The fraction of sp³-hybridized carbons (Fsp3) is 0.600. The van der Waals surface area contributed by atoms with Gasteiger partial charge in [-0.25, -0.2) is 4.98 Å². The summed E-state index contributed by atoms with van der Waals surface area (Å²) in [4.78, 5) is 18.2. The zero-order valence-corrected chi connectivity index (χ0v) is 9.51. The average molecular weight is 225 g/mol. The van der Waals surface area contributed by atoms with E-state index >= 15 is 0 Å². The molecule has 1 fully saturated rings. The highest BCUT2D eigenvalue weighted by Crippen LogP contribution is 2.31. The second kappa shape index (κ2) is 4.37. The summed E-state index contributed by atoms with van der Waals surface area (Å²) in [6.07, 6.45) is 3.37. The Morgan fingerprint density at radius 2 is 2.40 bits per heavy atom. The first-order valence-corrected chi connectivity index (χ1v) is 6.03. The maximum absolute atomic E-state index is 11.2. The molecule has 0 aliphatic heterocycles. The van der Waals surface area contributed by atoms with Gasteiger partial charge in [0.2, 0.25) is 0 Å². The van der Waals surface area contributed by atoms with Gasteiger partial charge < -0.3 is 10.7 Å². The molecule has 82 valence electrons. The van der Waals surface area contributed by atoms with Crippen LogP contribution in [0.3, 0.4) is 0 Å². The number of nitrogens with zero attached hydrogens (tertiary/aromatic N) is 1. The summed E-state index contributed by atoms with van der Waals surface area (Å²) in [5.41, 5.74) is 6.63. The molecule has 1 aliphatic rings. The van der Waals surface area contributed by atoms with Crippen molar-refractivity contribution in [1.82, 2.24) is 9.97 Å². The smallest absolute Gasteiger partial charge is 0.251 e. The van der Waals surface area contributed by atoms with E-state index in [1.54, 1.807) is 11.8 Å². The first-order valence-electron chi connectivity index (χ1n) is 5.15. The zero-order chi connectivity index (χ0) is 10.8. The van der Waals surface area contributed by atoms with E-state index in [2.05, 4.69) is 9.97 Å². The Kier molecular flexibility index (Phi) is 3.11. The maximum Gasteiger partial charge on any atom is 0.251 e. The van der Waals surface area contributed by atoms with Crippen molar-refractivity contribution in [2.75, 3.05) is 0 Å². The summed E-state index contributed by atoms with van der Waals surface area (Å²) in [5.74, 6) is 0. The predicted octanol–water partition coefficient (Wildman–Crippen LogP) is 1.05. The Balaban J connectivity index is 2.13. The number of aryl methyl sites for hydroxylation is 1. The predicted molar refractivity (Wildman–Crippen MR) is 61.1 cm³/mol. The minimum absolute atomic E-state index is 0.0865. The Morgan fingerprint density at radius 1 is 1.60 bits per heavy atom. The van der Waals surface area contributed by atoms with E-state index in [0.29, 0.717) is 10.4 Å². The summed E-state index contributed by atoms with van der Waals surface area (Å²) in [6.45, 7) is 1.83. The lowest BCUT2D eigenvalue weighted by atomic mass is 10.3. The molecular weight excluding hydrogens is 210 g/mol. The Labute approximate surface area is 92.7 Å².